The molecule has 5 rings (SSSR count). The van der Waals surface area contributed by atoms with Crippen molar-refractivity contribution in [2.75, 3.05) is 0 Å². The maximum Gasteiger partial charge on any atom is 0.134 e. The molecular weight excluding hydrogens is 356 g/mol. The molecule has 6 heteroatoms. The summed E-state index contributed by atoms with van der Waals surface area (Å²) in [5, 5.41) is 10.6. The molecule has 116 valence electrons. The van der Waals surface area contributed by atoms with Gasteiger partial charge >= 0.3 is 0 Å². The maximum absolute atomic E-state index is 4.92. The van der Waals surface area contributed by atoms with Gasteiger partial charge in [-0.3, -0.25) is 0 Å². The molecule has 5 aromatic rings. The Balaban J connectivity index is 1.54. The predicted octanol–water partition coefficient (Wildman–Crippen LogP) is 6.41. The van der Waals surface area contributed by atoms with Crippen molar-refractivity contribution >= 4 is 44.1 Å². The highest BCUT2D eigenvalue weighted by Crippen LogP contribution is 2.39. The molecule has 0 atom stereocenters. The summed E-state index contributed by atoms with van der Waals surface area (Å²) >= 11 is 5.13. The minimum Gasteiger partial charge on any atom is -0.364 e. The molecule has 0 aliphatic carbocycles. The number of hydrogen-bond donors (Lipinski definition) is 0. The Morgan fingerprint density at radius 2 is 1.75 bits per heavy atom. The van der Waals surface area contributed by atoms with Crippen molar-refractivity contribution < 1.29 is 4.52 Å². The molecule has 0 unspecified atom stereocenters. The van der Waals surface area contributed by atoms with Crippen molar-refractivity contribution in [2.24, 2.45) is 0 Å². The topological polar surface area (TPSA) is 38.9 Å². The van der Waals surface area contributed by atoms with Crippen LogP contribution in [0.5, 0.6) is 0 Å². The van der Waals surface area contributed by atoms with E-state index < -0.39 is 0 Å². The summed E-state index contributed by atoms with van der Waals surface area (Å²) in [6.45, 7) is 0. The molecule has 0 radical (unpaired) electrons. The second-order valence-corrected chi connectivity index (χ2v) is 8.09. The van der Waals surface area contributed by atoms with Gasteiger partial charge in [-0.1, -0.05) is 23.4 Å². The summed E-state index contributed by atoms with van der Waals surface area (Å²) in [6.07, 6.45) is 1.60. The number of rotatable bonds is 3. The first-order valence-electron chi connectivity index (χ1n) is 7.31. The Morgan fingerprint density at radius 1 is 0.833 bits per heavy atom. The van der Waals surface area contributed by atoms with Crippen LogP contribution in [0.2, 0.25) is 0 Å². The molecule has 3 nitrogen and oxygen atoms in total. The monoisotopic (exact) mass is 366 g/mol. The van der Waals surface area contributed by atoms with Crippen LogP contribution in [-0.2, 0) is 0 Å². The van der Waals surface area contributed by atoms with Gasteiger partial charge in [0.25, 0.3) is 0 Å². The second kappa shape index (κ2) is 5.66. The molecule has 0 bridgehead atoms. The van der Waals surface area contributed by atoms with Crippen LogP contribution in [0.15, 0.2) is 64.0 Å². The summed E-state index contributed by atoms with van der Waals surface area (Å²) in [5.74, 6) is 0. The van der Waals surface area contributed by atoms with E-state index in [0.29, 0.717) is 0 Å². The normalized spacial score (nSPS) is 11.3. The van der Waals surface area contributed by atoms with Crippen molar-refractivity contribution in [3.63, 3.8) is 0 Å². The van der Waals surface area contributed by atoms with Gasteiger partial charge < -0.3 is 4.52 Å². The van der Waals surface area contributed by atoms with Crippen molar-refractivity contribution in [3.05, 3.63) is 59.5 Å². The lowest BCUT2D eigenvalue weighted by molar-refractivity contribution is 0.422. The fourth-order valence-corrected chi connectivity index (χ4v) is 5.43. The van der Waals surface area contributed by atoms with Crippen LogP contribution in [-0.4, -0.2) is 10.1 Å². The average Bonchev–Trinajstić information content (AvgIpc) is 3.40. The Morgan fingerprint density at radius 3 is 2.67 bits per heavy atom. The summed E-state index contributed by atoms with van der Waals surface area (Å²) in [7, 11) is 0. The number of hydrogen-bond acceptors (Lipinski definition) is 6. The Labute approximate surface area is 149 Å². The molecule has 0 spiro atoms. The van der Waals surface area contributed by atoms with E-state index in [0.717, 1.165) is 26.1 Å². The highest BCUT2D eigenvalue weighted by atomic mass is 32.1. The smallest absolute Gasteiger partial charge is 0.134 e. The van der Waals surface area contributed by atoms with E-state index in [1.54, 1.807) is 40.3 Å². The SMILES string of the molecule is c1ccc2c(-c3csc(-c4ccc(-c5ccon5)s4)n3)csc2c1. The molecule has 4 aromatic heterocycles. The third-order valence-electron chi connectivity index (χ3n) is 3.77. The van der Waals surface area contributed by atoms with Crippen LogP contribution in [0.4, 0.5) is 0 Å². The summed E-state index contributed by atoms with van der Waals surface area (Å²) in [5.41, 5.74) is 3.13. The zero-order valence-corrected chi connectivity index (χ0v) is 14.8. The van der Waals surface area contributed by atoms with Crippen LogP contribution in [0.1, 0.15) is 0 Å². The van der Waals surface area contributed by atoms with E-state index in [4.69, 9.17) is 9.51 Å². The standard InChI is InChI=1S/C18H10N2OS3/c1-2-4-15-11(3-1)12(9-22-15)14-10-23-18(19-14)17-6-5-16(24-17)13-7-8-21-20-13/h1-10H. The summed E-state index contributed by atoms with van der Waals surface area (Å²) in [4.78, 5) is 7.11. The average molecular weight is 366 g/mol. The molecule has 0 aliphatic heterocycles. The van der Waals surface area contributed by atoms with Crippen LogP contribution in [0.3, 0.4) is 0 Å². The van der Waals surface area contributed by atoms with Gasteiger partial charge in [-0.25, -0.2) is 4.98 Å². The maximum atomic E-state index is 4.92. The van der Waals surface area contributed by atoms with E-state index in [2.05, 4.69) is 52.3 Å². The molecule has 0 amide bonds. The first-order valence-corrected chi connectivity index (χ1v) is 9.89. The van der Waals surface area contributed by atoms with Gasteiger partial charge in [0.05, 0.1) is 15.4 Å². The Kier molecular flexibility index (Phi) is 3.33. The van der Waals surface area contributed by atoms with Gasteiger partial charge in [-0.05, 0) is 18.2 Å². The van der Waals surface area contributed by atoms with E-state index in [1.807, 2.05) is 6.07 Å². The first-order chi connectivity index (χ1) is 11.9. The zero-order valence-electron chi connectivity index (χ0n) is 12.3. The van der Waals surface area contributed by atoms with Crippen LogP contribution in [0, 0.1) is 0 Å². The number of nitrogens with zero attached hydrogens (tertiary/aromatic N) is 2. The van der Waals surface area contributed by atoms with E-state index >= 15 is 0 Å². The number of aromatic nitrogens is 2. The quantitative estimate of drug-likeness (QED) is 0.370. The number of fused-ring (bicyclic) bond motifs is 1. The van der Waals surface area contributed by atoms with Crippen molar-refractivity contribution in [2.45, 2.75) is 0 Å². The van der Waals surface area contributed by atoms with E-state index in [1.165, 1.54) is 15.6 Å². The van der Waals surface area contributed by atoms with Gasteiger partial charge in [-0.2, -0.15) is 0 Å². The third-order valence-corrected chi connectivity index (χ3v) is 6.85. The first kappa shape index (κ1) is 14.1. The second-order valence-electron chi connectivity index (χ2n) is 5.23. The van der Waals surface area contributed by atoms with Gasteiger partial charge in [-0.15, -0.1) is 34.0 Å². The van der Waals surface area contributed by atoms with Crippen molar-refractivity contribution in [1.82, 2.24) is 10.1 Å². The number of benzene rings is 1. The van der Waals surface area contributed by atoms with Gasteiger partial charge in [0.2, 0.25) is 0 Å². The number of thiazole rings is 1. The minimum atomic E-state index is 0.867. The molecule has 0 saturated carbocycles. The van der Waals surface area contributed by atoms with E-state index in [9.17, 15) is 0 Å². The van der Waals surface area contributed by atoms with Gasteiger partial charge in [0.15, 0.2) is 0 Å². The molecule has 0 aliphatic rings. The molecule has 4 heterocycles. The molecule has 24 heavy (non-hydrogen) atoms. The molecule has 1 aromatic carbocycles. The molecule has 0 N–H and O–H groups in total. The lowest BCUT2D eigenvalue weighted by atomic mass is 10.1. The fraction of sp³-hybridized carbons (Fsp3) is 0. The minimum absolute atomic E-state index is 0.867. The molecule has 0 saturated heterocycles. The highest BCUT2D eigenvalue weighted by molar-refractivity contribution is 7.23. The van der Waals surface area contributed by atoms with Crippen LogP contribution >= 0.6 is 34.0 Å². The fourth-order valence-electron chi connectivity index (χ4n) is 2.62. The van der Waals surface area contributed by atoms with Crippen molar-refractivity contribution in [1.29, 1.82) is 0 Å². The highest BCUT2D eigenvalue weighted by Gasteiger charge is 2.13. The summed E-state index contributed by atoms with van der Waals surface area (Å²) < 4.78 is 6.22. The van der Waals surface area contributed by atoms with Crippen LogP contribution in [0.25, 0.3) is 41.8 Å². The largest absolute Gasteiger partial charge is 0.364 e. The van der Waals surface area contributed by atoms with Crippen molar-refractivity contribution in [3.8, 4) is 31.7 Å². The lowest BCUT2D eigenvalue weighted by Crippen LogP contribution is -1.75. The van der Waals surface area contributed by atoms with Gasteiger partial charge in [0.1, 0.15) is 17.0 Å². The number of thiophene rings is 2. The molecule has 0 fully saturated rings. The lowest BCUT2D eigenvalue weighted by Gasteiger charge is -1.94. The van der Waals surface area contributed by atoms with Crippen LogP contribution < -0.4 is 0 Å². The predicted molar refractivity (Wildman–Crippen MR) is 102 cm³/mol. The molecular formula is C18H10N2OS3. The summed E-state index contributed by atoms with van der Waals surface area (Å²) in [6, 6.07) is 14.5. The Hall–Kier alpha value is -2.28. The van der Waals surface area contributed by atoms with E-state index in [-0.39, 0.29) is 0 Å². The van der Waals surface area contributed by atoms with Gasteiger partial charge in [0, 0.05) is 32.5 Å². The zero-order chi connectivity index (χ0) is 15.9. The Bertz CT molecular complexity index is 1120. The third kappa shape index (κ3) is 2.31.